The number of benzene rings is 1. The Morgan fingerprint density at radius 2 is 1.39 bits per heavy atom. The number of carbonyl (C=O) groups excluding carboxylic acids is 1. The minimum atomic E-state index is -0.0897. The van der Waals surface area contributed by atoms with E-state index in [2.05, 4.69) is 20.8 Å². The molecule has 1 rings (SSSR count). The lowest BCUT2D eigenvalue weighted by atomic mass is 10.1. The highest BCUT2D eigenvalue weighted by atomic mass is 19.1. The molecule has 1 nitrogen and oxygen atoms in total. The van der Waals surface area contributed by atoms with Gasteiger partial charge in [-0.1, -0.05) is 79.5 Å². The Labute approximate surface area is 145 Å². The number of hydrogen-bond acceptors (Lipinski definition) is 1. The summed E-state index contributed by atoms with van der Waals surface area (Å²) in [4.78, 5) is 9.44. The topological polar surface area (TPSA) is 17.1 Å². The predicted molar refractivity (Wildman–Crippen MR) is 105 cm³/mol. The van der Waals surface area contributed by atoms with Gasteiger partial charge in [0.15, 0.2) is 0 Å². The van der Waals surface area contributed by atoms with Crippen molar-refractivity contribution in [1.82, 2.24) is 0 Å². The van der Waals surface area contributed by atoms with Crippen LogP contribution in [-0.4, -0.2) is 5.78 Å². The van der Waals surface area contributed by atoms with Gasteiger partial charge in [0.05, 0.1) is 0 Å². The number of aryl methyl sites for hydroxylation is 2. The van der Waals surface area contributed by atoms with Crippen LogP contribution in [0, 0.1) is 18.7 Å². The standard InChI is InChI=1S/C9H11F.C5H12.C3H6O.2C2H6/c1-3-8-6-7(2)4-5-9(8)10;1-4-5(2)3;1-3(2)4;2*1-2/h4-6H,3H2,1-2H3;5H,4H2,1-3H3;1-2H3;2*1-2H3. The molecule has 1 aromatic rings. The van der Waals surface area contributed by atoms with Crippen LogP contribution in [0.15, 0.2) is 18.2 Å². The zero-order valence-corrected chi connectivity index (χ0v) is 17.5. The van der Waals surface area contributed by atoms with E-state index in [-0.39, 0.29) is 11.6 Å². The zero-order valence-electron chi connectivity index (χ0n) is 17.5. The fourth-order valence-electron chi connectivity index (χ4n) is 0.974. The first-order valence-electron chi connectivity index (χ1n) is 8.96. The highest BCUT2D eigenvalue weighted by Gasteiger charge is 1.97. The van der Waals surface area contributed by atoms with Gasteiger partial charge in [-0.25, -0.2) is 4.39 Å². The third kappa shape index (κ3) is 29.5. The summed E-state index contributed by atoms with van der Waals surface area (Å²) in [5.41, 5.74) is 1.93. The summed E-state index contributed by atoms with van der Waals surface area (Å²) in [7, 11) is 0. The summed E-state index contributed by atoms with van der Waals surface area (Å²) >= 11 is 0. The van der Waals surface area contributed by atoms with E-state index in [0.29, 0.717) is 0 Å². The van der Waals surface area contributed by atoms with E-state index in [0.717, 1.165) is 23.5 Å². The smallest absolute Gasteiger partial charge is 0.126 e. The Balaban J connectivity index is -0.000000118. The number of rotatable bonds is 2. The third-order valence-corrected chi connectivity index (χ3v) is 2.40. The minimum absolute atomic E-state index is 0.0897. The van der Waals surface area contributed by atoms with Crippen molar-refractivity contribution in [2.75, 3.05) is 0 Å². The molecule has 1 aromatic carbocycles. The van der Waals surface area contributed by atoms with Crippen LogP contribution in [0.25, 0.3) is 0 Å². The Morgan fingerprint density at radius 3 is 1.61 bits per heavy atom. The molecule has 2 heteroatoms. The van der Waals surface area contributed by atoms with E-state index in [9.17, 15) is 9.18 Å². The maximum absolute atomic E-state index is 12.8. The van der Waals surface area contributed by atoms with Crippen LogP contribution in [0.1, 0.15) is 86.8 Å². The largest absolute Gasteiger partial charge is 0.300 e. The molecular weight excluding hydrogens is 287 g/mol. The van der Waals surface area contributed by atoms with Crippen LogP contribution in [0.4, 0.5) is 4.39 Å². The van der Waals surface area contributed by atoms with E-state index < -0.39 is 0 Å². The van der Waals surface area contributed by atoms with E-state index in [4.69, 9.17) is 0 Å². The van der Waals surface area contributed by atoms with Crippen LogP contribution in [0.3, 0.4) is 0 Å². The maximum Gasteiger partial charge on any atom is 0.126 e. The summed E-state index contributed by atoms with van der Waals surface area (Å²) in [6, 6.07) is 5.19. The van der Waals surface area contributed by atoms with Crippen molar-refractivity contribution >= 4 is 5.78 Å². The molecule has 0 radical (unpaired) electrons. The van der Waals surface area contributed by atoms with E-state index >= 15 is 0 Å². The van der Waals surface area contributed by atoms with Crippen molar-refractivity contribution in [2.24, 2.45) is 5.92 Å². The lowest BCUT2D eigenvalue weighted by Gasteiger charge is -1.99. The van der Waals surface area contributed by atoms with Gasteiger partial charge in [-0.2, -0.15) is 0 Å². The predicted octanol–water partition coefficient (Wildman–Crippen LogP) is 7.40. The third-order valence-electron chi connectivity index (χ3n) is 2.40. The van der Waals surface area contributed by atoms with Crippen molar-refractivity contribution in [2.45, 2.75) is 89.0 Å². The molecule has 0 saturated carbocycles. The van der Waals surface area contributed by atoms with Gasteiger partial charge in [0.25, 0.3) is 0 Å². The molecule has 0 bridgehead atoms. The fraction of sp³-hybridized carbons (Fsp3) is 0.667. The molecule has 0 fully saturated rings. The van der Waals surface area contributed by atoms with Crippen LogP contribution in [0.2, 0.25) is 0 Å². The van der Waals surface area contributed by atoms with Gasteiger partial charge in [-0.05, 0) is 44.7 Å². The molecular formula is C21H41FO. The van der Waals surface area contributed by atoms with Crippen LogP contribution < -0.4 is 0 Å². The SMILES string of the molecule is CC.CC.CC(C)=O.CCC(C)C.CCc1cc(C)ccc1F. The van der Waals surface area contributed by atoms with Crippen molar-refractivity contribution in [3.8, 4) is 0 Å². The van der Waals surface area contributed by atoms with Gasteiger partial charge in [0, 0.05) is 0 Å². The molecule has 0 aliphatic heterocycles. The highest BCUT2D eigenvalue weighted by Crippen LogP contribution is 2.09. The van der Waals surface area contributed by atoms with Crippen molar-refractivity contribution < 1.29 is 9.18 Å². The molecule has 0 spiro atoms. The molecule has 0 saturated heterocycles. The summed E-state index contributed by atoms with van der Waals surface area (Å²) in [6.45, 7) is 21.6. The molecule has 0 N–H and O–H groups in total. The van der Waals surface area contributed by atoms with Crippen molar-refractivity contribution in [3.63, 3.8) is 0 Å². The molecule has 138 valence electrons. The van der Waals surface area contributed by atoms with Gasteiger partial charge >= 0.3 is 0 Å². The molecule has 0 aliphatic carbocycles. The number of halogens is 1. The second-order valence-electron chi connectivity index (χ2n) is 5.16. The maximum atomic E-state index is 12.8. The molecule has 0 atom stereocenters. The highest BCUT2D eigenvalue weighted by molar-refractivity contribution is 5.72. The number of carbonyl (C=O) groups is 1. The number of ketones is 1. The first kappa shape index (κ1) is 29.8. The number of Topliss-reactive ketones (excluding diaryl/α,β-unsaturated/α-hetero) is 1. The van der Waals surface area contributed by atoms with E-state index in [1.807, 2.05) is 47.6 Å². The lowest BCUT2D eigenvalue weighted by Crippen LogP contribution is -1.87. The summed E-state index contributed by atoms with van der Waals surface area (Å²) in [5.74, 6) is 0.961. The summed E-state index contributed by atoms with van der Waals surface area (Å²) < 4.78 is 12.8. The monoisotopic (exact) mass is 328 g/mol. The first-order valence-corrected chi connectivity index (χ1v) is 8.96. The average Bonchev–Trinajstić information content (AvgIpc) is 2.53. The Kier molecular flexibility index (Phi) is 29.9. The van der Waals surface area contributed by atoms with Gasteiger partial charge < -0.3 is 4.79 Å². The minimum Gasteiger partial charge on any atom is -0.300 e. The molecule has 23 heavy (non-hydrogen) atoms. The van der Waals surface area contributed by atoms with Crippen LogP contribution in [0.5, 0.6) is 0 Å². The average molecular weight is 329 g/mol. The molecule has 0 unspecified atom stereocenters. The second-order valence-corrected chi connectivity index (χ2v) is 5.16. The molecule has 0 heterocycles. The zero-order chi connectivity index (χ0) is 19.4. The van der Waals surface area contributed by atoms with E-state index in [1.54, 1.807) is 6.07 Å². The summed E-state index contributed by atoms with van der Waals surface area (Å²) in [6.07, 6.45) is 2.08. The van der Waals surface area contributed by atoms with Crippen LogP contribution >= 0.6 is 0 Å². The Morgan fingerprint density at radius 1 is 1.04 bits per heavy atom. The van der Waals surface area contributed by atoms with Gasteiger partial charge in [-0.15, -0.1) is 0 Å². The van der Waals surface area contributed by atoms with Gasteiger partial charge in [0.2, 0.25) is 0 Å². The lowest BCUT2D eigenvalue weighted by molar-refractivity contribution is -0.114. The Hall–Kier alpha value is -1.18. The van der Waals surface area contributed by atoms with Crippen LogP contribution in [-0.2, 0) is 11.2 Å². The van der Waals surface area contributed by atoms with Crippen molar-refractivity contribution in [3.05, 3.63) is 35.1 Å². The quantitative estimate of drug-likeness (QED) is 0.553. The van der Waals surface area contributed by atoms with Gasteiger partial charge in [-0.3, -0.25) is 0 Å². The molecule has 0 aliphatic rings. The van der Waals surface area contributed by atoms with Crippen molar-refractivity contribution in [1.29, 1.82) is 0 Å². The molecule has 0 amide bonds. The number of hydrogen-bond donors (Lipinski definition) is 0. The second kappa shape index (κ2) is 23.1. The summed E-state index contributed by atoms with van der Waals surface area (Å²) in [5, 5.41) is 0. The normalized spacial score (nSPS) is 8.04. The van der Waals surface area contributed by atoms with Gasteiger partial charge in [0.1, 0.15) is 11.6 Å². The fourth-order valence-corrected chi connectivity index (χ4v) is 0.974. The van der Waals surface area contributed by atoms with E-state index in [1.165, 1.54) is 26.3 Å². The first-order chi connectivity index (χ1) is 10.7. The molecule has 0 aromatic heterocycles. The Bertz CT molecular complexity index is 353.